The molecule has 0 aliphatic heterocycles. The molecule has 1 saturated carbocycles. The predicted molar refractivity (Wildman–Crippen MR) is 94.6 cm³/mol. The Morgan fingerprint density at radius 1 is 0.700 bits per heavy atom. The molecule has 0 aromatic heterocycles. The molecule has 1 aliphatic carbocycles. The molecule has 0 nitrogen and oxygen atoms in total. The molecule has 1 unspecified atom stereocenters. The van der Waals surface area contributed by atoms with E-state index in [-0.39, 0.29) is 7.92 Å². The molecule has 3 rings (SSSR count). The Balaban J connectivity index is 2.04. The molecule has 2 aromatic rings. The third kappa shape index (κ3) is 2.98. The van der Waals surface area contributed by atoms with E-state index >= 15 is 0 Å². The minimum absolute atomic E-state index is 0.288. The lowest BCUT2D eigenvalue weighted by atomic mass is 9.99. The molecule has 0 amide bonds. The molecule has 0 heterocycles. The third-order valence-corrected chi connectivity index (χ3v) is 8.51. The number of hydrogen-bond acceptors (Lipinski definition) is 0. The van der Waals surface area contributed by atoms with Crippen LogP contribution in [0.25, 0.3) is 0 Å². The summed E-state index contributed by atoms with van der Waals surface area (Å²) in [6.07, 6.45) is 6.84. The molecule has 20 heavy (non-hydrogen) atoms. The monoisotopic (exact) mass is 300 g/mol. The number of benzene rings is 2. The maximum absolute atomic E-state index is 3.25. The van der Waals surface area contributed by atoms with E-state index in [1.54, 1.807) is 0 Å². The first-order chi connectivity index (χ1) is 9.80. The number of rotatable bonds is 3. The van der Waals surface area contributed by atoms with Gasteiger partial charge in [0.2, 0.25) is 0 Å². The van der Waals surface area contributed by atoms with Crippen molar-refractivity contribution in [2.24, 2.45) is 0 Å². The lowest BCUT2D eigenvalue weighted by Crippen LogP contribution is -2.31. The zero-order valence-corrected chi connectivity index (χ0v) is 13.9. The Morgan fingerprint density at radius 3 is 1.60 bits per heavy atom. The summed E-state index contributed by atoms with van der Waals surface area (Å²) in [5, 5.41) is 3.04. The fourth-order valence-electron chi connectivity index (χ4n) is 3.21. The van der Waals surface area contributed by atoms with Gasteiger partial charge in [-0.05, 0) is 31.4 Å². The fraction of sp³-hybridized carbons (Fsp3) is 0.333. The second-order valence-electron chi connectivity index (χ2n) is 5.67. The van der Waals surface area contributed by atoms with E-state index in [0.717, 1.165) is 0 Å². The first-order valence-corrected chi connectivity index (χ1v) is 9.41. The smallest absolute Gasteiger partial charge is 0.0129 e. The van der Waals surface area contributed by atoms with Crippen molar-refractivity contribution in [2.45, 2.75) is 37.0 Å². The van der Waals surface area contributed by atoms with Gasteiger partial charge in [-0.2, -0.15) is 0 Å². The summed E-state index contributed by atoms with van der Waals surface area (Å²) in [4.78, 5) is 0.385. The zero-order valence-electron chi connectivity index (χ0n) is 11.8. The van der Waals surface area contributed by atoms with Crippen molar-refractivity contribution in [3.05, 3.63) is 60.7 Å². The highest BCUT2D eigenvalue weighted by atomic mass is 31.2. The second kappa shape index (κ2) is 6.38. The molecule has 0 saturated heterocycles. The summed E-state index contributed by atoms with van der Waals surface area (Å²) < 4.78 is 0. The van der Waals surface area contributed by atoms with E-state index in [2.05, 4.69) is 69.9 Å². The Labute approximate surface area is 126 Å². The normalized spacial score (nSPS) is 18.1. The van der Waals surface area contributed by atoms with Gasteiger partial charge in [0.15, 0.2) is 0 Å². The molecule has 1 fully saturated rings. The molecule has 1 atom stereocenters. The summed E-state index contributed by atoms with van der Waals surface area (Å²) in [5.41, 5.74) is 0. The lowest BCUT2D eigenvalue weighted by molar-refractivity contribution is 0.487. The van der Waals surface area contributed by atoms with Gasteiger partial charge in [-0.1, -0.05) is 79.9 Å². The van der Waals surface area contributed by atoms with Gasteiger partial charge in [0.25, 0.3) is 0 Å². The van der Waals surface area contributed by atoms with Crippen molar-refractivity contribution >= 4 is 27.8 Å². The molecular formula is C18H22P2. The van der Waals surface area contributed by atoms with Crippen molar-refractivity contribution < 1.29 is 0 Å². The van der Waals surface area contributed by atoms with Crippen molar-refractivity contribution in [1.82, 2.24) is 0 Å². The first kappa shape index (κ1) is 14.2. The minimum Gasteiger partial charge on any atom is -0.126 e. The van der Waals surface area contributed by atoms with Gasteiger partial charge in [0.05, 0.1) is 0 Å². The van der Waals surface area contributed by atoms with Crippen LogP contribution in [0.4, 0.5) is 0 Å². The van der Waals surface area contributed by atoms with Crippen LogP contribution in [-0.4, -0.2) is 4.90 Å². The van der Waals surface area contributed by atoms with Crippen LogP contribution in [-0.2, 0) is 0 Å². The third-order valence-electron chi connectivity index (χ3n) is 4.19. The first-order valence-electron chi connectivity index (χ1n) is 7.49. The van der Waals surface area contributed by atoms with Crippen LogP contribution >= 0.6 is 17.2 Å². The van der Waals surface area contributed by atoms with E-state index in [1.807, 2.05) is 0 Å². The lowest BCUT2D eigenvalue weighted by Gasteiger charge is -2.41. The molecule has 2 aromatic carbocycles. The molecule has 0 spiro atoms. The van der Waals surface area contributed by atoms with Crippen molar-refractivity contribution in [3.8, 4) is 0 Å². The molecule has 0 N–H and O–H groups in total. The average Bonchev–Trinajstić information content (AvgIpc) is 2.50. The summed E-state index contributed by atoms with van der Waals surface area (Å²) in [5.74, 6) is 0. The van der Waals surface area contributed by atoms with Crippen molar-refractivity contribution in [1.29, 1.82) is 0 Å². The summed E-state index contributed by atoms with van der Waals surface area (Å²) in [7, 11) is 2.97. The Bertz CT molecular complexity index is 490. The topological polar surface area (TPSA) is 0 Å². The highest BCUT2D eigenvalue weighted by molar-refractivity contribution is 7.79. The Hall–Kier alpha value is -0.700. The van der Waals surface area contributed by atoms with Gasteiger partial charge in [-0.25, -0.2) is 0 Å². The van der Waals surface area contributed by atoms with E-state index in [0.29, 0.717) is 4.90 Å². The standard InChI is InChI=1S/C18H22P2/c19-18(14-8-3-9-15-18)20(16-10-4-1-5-11-16)17-12-6-2-7-13-17/h1-2,4-7,10-13H,3,8-9,14-15,19H2. The van der Waals surface area contributed by atoms with Crippen LogP contribution in [0.3, 0.4) is 0 Å². The van der Waals surface area contributed by atoms with E-state index < -0.39 is 0 Å². The zero-order chi connectivity index (χ0) is 13.8. The summed E-state index contributed by atoms with van der Waals surface area (Å²) in [6, 6.07) is 22.3. The summed E-state index contributed by atoms with van der Waals surface area (Å²) in [6.45, 7) is 0. The molecule has 2 heteroatoms. The van der Waals surface area contributed by atoms with Gasteiger partial charge in [0.1, 0.15) is 0 Å². The number of hydrogen-bond donors (Lipinski definition) is 0. The minimum atomic E-state index is -0.288. The van der Waals surface area contributed by atoms with Gasteiger partial charge in [-0.15, -0.1) is 9.24 Å². The van der Waals surface area contributed by atoms with E-state index in [4.69, 9.17) is 0 Å². The van der Waals surface area contributed by atoms with Crippen molar-refractivity contribution in [3.63, 3.8) is 0 Å². The fourth-order valence-corrected chi connectivity index (χ4v) is 7.54. The van der Waals surface area contributed by atoms with Crippen LogP contribution in [0.5, 0.6) is 0 Å². The van der Waals surface area contributed by atoms with E-state index in [1.165, 1.54) is 42.7 Å². The van der Waals surface area contributed by atoms with Crippen LogP contribution in [0.1, 0.15) is 32.1 Å². The van der Waals surface area contributed by atoms with Crippen LogP contribution in [0.15, 0.2) is 60.7 Å². The largest absolute Gasteiger partial charge is 0.126 e. The molecule has 0 radical (unpaired) electrons. The molecular weight excluding hydrogens is 278 g/mol. The second-order valence-corrected chi connectivity index (χ2v) is 9.86. The van der Waals surface area contributed by atoms with Crippen LogP contribution < -0.4 is 10.6 Å². The molecule has 0 bridgehead atoms. The highest BCUT2D eigenvalue weighted by Gasteiger charge is 2.37. The SMILES string of the molecule is PC1(P(c2ccccc2)c2ccccc2)CCCCC1. The Kier molecular flexibility index (Phi) is 4.54. The molecule has 104 valence electrons. The quantitative estimate of drug-likeness (QED) is 0.724. The maximum atomic E-state index is 3.25. The van der Waals surface area contributed by atoms with Gasteiger partial charge in [0, 0.05) is 4.90 Å². The molecule has 1 aliphatic rings. The van der Waals surface area contributed by atoms with E-state index in [9.17, 15) is 0 Å². The van der Waals surface area contributed by atoms with Gasteiger partial charge >= 0.3 is 0 Å². The van der Waals surface area contributed by atoms with Gasteiger partial charge < -0.3 is 0 Å². The maximum Gasteiger partial charge on any atom is 0.0129 e. The summed E-state index contributed by atoms with van der Waals surface area (Å²) >= 11 is 0. The Morgan fingerprint density at radius 2 is 1.15 bits per heavy atom. The van der Waals surface area contributed by atoms with Crippen molar-refractivity contribution in [2.75, 3.05) is 0 Å². The average molecular weight is 300 g/mol. The predicted octanol–water partition coefficient (Wildman–Crippen LogP) is 4.65. The van der Waals surface area contributed by atoms with Crippen LogP contribution in [0, 0.1) is 0 Å². The highest BCUT2D eigenvalue weighted by Crippen LogP contribution is 2.59. The van der Waals surface area contributed by atoms with Crippen LogP contribution in [0.2, 0.25) is 0 Å². The van der Waals surface area contributed by atoms with Gasteiger partial charge in [-0.3, -0.25) is 0 Å².